The summed E-state index contributed by atoms with van der Waals surface area (Å²) < 4.78 is 28.3. The number of aryl methyl sites for hydroxylation is 2. The molecule has 6 nitrogen and oxygen atoms in total. The summed E-state index contributed by atoms with van der Waals surface area (Å²) in [5, 5.41) is 0.0787. The van der Waals surface area contributed by atoms with Crippen molar-refractivity contribution in [1.29, 1.82) is 0 Å². The summed E-state index contributed by atoms with van der Waals surface area (Å²) in [6, 6.07) is -0.382. The van der Waals surface area contributed by atoms with E-state index in [4.69, 9.17) is 18.0 Å². The van der Waals surface area contributed by atoms with Crippen molar-refractivity contribution >= 4 is 27.2 Å². The van der Waals surface area contributed by atoms with Gasteiger partial charge in [0, 0.05) is 19.3 Å². The lowest BCUT2D eigenvalue weighted by atomic mass is 10.2. The summed E-state index contributed by atoms with van der Waals surface area (Å²) in [4.78, 5) is 4.37. The maximum Gasteiger partial charge on any atom is 0.262 e. The Hall–Kier alpha value is -0.990. The van der Waals surface area contributed by atoms with E-state index in [0.717, 1.165) is 6.42 Å². The number of nitrogens with two attached hydrogens (primary N) is 1. The number of nitrogens with zero attached hydrogens (tertiary/aromatic N) is 3. The third-order valence-electron chi connectivity index (χ3n) is 3.40. The predicted molar refractivity (Wildman–Crippen MR) is 76.3 cm³/mol. The number of imidazole rings is 1. The predicted octanol–water partition coefficient (Wildman–Crippen LogP) is 0.651. The van der Waals surface area contributed by atoms with Crippen LogP contribution in [0.3, 0.4) is 0 Å². The van der Waals surface area contributed by atoms with Crippen LogP contribution in [-0.2, 0) is 16.6 Å². The van der Waals surface area contributed by atoms with E-state index in [1.807, 2.05) is 6.92 Å². The van der Waals surface area contributed by atoms with Crippen molar-refractivity contribution in [2.24, 2.45) is 5.73 Å². The molecule has 2 rings (SSSR count). The van der Waals surface area contributed by atoms with Crippen LogP contribution in [-0.4, -0.2) is 39.8 Å². The monoisotopic (exact) mass is 302 g/mol. The van der Waals surface area contributed by atoms with E-state index < -0.39 is 10.0 Å². The van der Waals surface area contributed by atoms with Gasteiger partial charge in [-0.25, -0.2) is 13.4 Å². The molecule has 2 heterocycles. The zero-order valence-electron chi connectivity index (χ0n) is 11.0. The average molecular weight is 302 g/mol. The van der Waals surface area contributed by atoms with E-state index in [2.05, 4.69) is 4.98 Å². The van der Waals surface area contributed by atoms with Gasteiger partial charge in [0.2, 0.25) is 0 Å². The second kappa shape index (κ2) is 5.18. The molecule has 1 aromatic heterocycles. The van der Waals surface area contributed by atoms with Gasteiger partial charge in [0.25, 0.3) is 10.0 Å². The third-order valence-corrected chi connectivity index (χ3v) is 5.45. The smallest absolute Gasteiger partial charge is 0.262 e. The molecule has 106 valence electrons. The van der Waals surface area contributed by atoms with Crippen LogP contribution in [0.25, 0.3) is 0 Å². The largest absolute Gasteiger partial charge is 0.392 e. The number of sulfonamides is 1. The number of aromatic nitrogens is 2. The highest BCUT2D eigenvalue weighted by Crippen LogP contribution is 2.25. The van der Waals surface area contributed by atoms with Gasteiger partial charge in [-0.2, -0.15) is 4.31 Å². The molecule has 0 saturated carbocycles. The molecule has 0 radical (unpaired) electrons. The number of thiocarbonyl (C=S) groups is 1. The Morgan fingerprint density at radius 3 is 2.84 bits per heavy atom. The normalized spacial score (nSPS) is 20.8. The van der Waals surface area contributed by atoms with Crippen molar-refractivity contribution < 1.29 is 8.42 Å². The average Bonchev–Trinajstić information content (AvgIpc) is 2.94. The third kappa shape index (κ3) is 2.52. The van der Waals surface area contributed by atoms with Crippen molar-refractivity contribution in [2.45, 2.75) is 44.3 Å². The molecule has 0 aromatic carbocycles. The maximum atomic E-state index is 12.6. The lowest BCUT2D eigenvalue weighted by molar-refractivity contribution is 0.444. The Morgan fingerprint density at radius 1 is 1.63 bits per heavy atom. The van der Waals surface area contributed by atoms with E-state index in [-0.39, 0.29) is 16.1 Å². The molecule has 0 amide bonds. The topological polar surface area (TPSA) is 81.2 Å². The highest BCUT2D eigenvalue weighted by molar-refractivity contribution is 7.89. The zero-order valence-corrected chi connectivity index (χ0v) is 12.7. The molecule has 1 aliphatic heterocycles. The molecule has 1 fully saturated rings. The van der Waals surface area contributed by atoms with Crippen LogP contribution in [0.5, 0.6) is 0 Å². The minimum Gasteiger partial charge on any atom is -0.392 e. The number of hydrogen-bond acceptors (Lipinski definition) is 4. The summed E-state index contributed by atoms with van der Waals surface area (Å²) >= 11 is 4.95. The lowest BCUT2D eigenvalue weighted by Crippen LogP contribution is -2.42. The van der Waals surface area contributed by atoms with Gasteiger partial charge in [-0.3, -0.25) is 0 Å². The fourth-order valence-electron chi connectivity index (χ4n) is 2.36. The Bertz CT molecular complexity index is 594. The second-order valence-electron chi connectivity index (χ2n) is 4.59. The van der Waals surface area contributed by atoms with E-state index in [1.54, 1.807) is 17.7 Å². The van der Waals surface area contributed by atoms with Crippen molar-refractivity contribution in [2.75, 3.05) is 6.54 Å². The molecule has 1 atom stereocenters. The van der Waals surface area contributed by atoms with E-state index in [0.29, 0.717) is 25.3 Å². The van der Waals surface area contributed by atoms with Crippen LogP contribution < -0.4 is 5.73 Å². The first-order valence-corrected chi connectivity index (χ1v) is 8.07. The molecule has 0 aliphatic carbocycles. The van der Waals surface area contributed by atoms with Crippen LogP contribution in [0, 0.1) is 6.92 Å². The zero-order chi connectivity index (χ0) is 14.2. The summed E-state index contributed by atoms with van der Waals surface area (Å²) in [6.45, 7) is 4.87. The van der Waals surface area contributed by atoms with Crippen molar-refractivity contribution in [3.05, 3.63) is 12.0 Å². The summed E-state index contributed by atoms with van der Waals surface area (Å²) in [6.07, 6.45) is 3.02. The number of hydrogen-bond donors (Lipinski definition) is 1. The summed E-state index contributed by atoms with van der Waals surface area (Å²) in [7, 11) is -3.61. The van der Waals surface area contributed by atoms with Gasteiger partial charge in [-0.15, -0.1) is 0 Å². The molecule has 1 unspecified atom stereocenters. The minimum atomic E-state index is -3.61. The number of rotatable bonds is 4. The second-order valence-corrected chi connectivity index (χ2v) is 6.90. The van der Waals surface area contributed by atoms with Gasteiger partial charge < -0.3 is 10.3 Å². The fraction of sp³-hybridized carbons (Fsp3) is 0.636. The standard InChI is InChI=1S/C11H18N4O2S2/c1-3-14-7-10(13-8(14)2)19(16,17)15-6-4-5-9(15)11(12)18/h7,9H,3-6H2,1-2H3,(H2,12,18). The van der Waals surface area contributed by atoms with Crippen LogP contribution in [0.1, 0.15) is 25.6 Å². The molecule has 8 heteroatoms. The molecular formula is C11H18N4O2S2. The molecule has 2 N–H and O–H groups in total. The molecule has 1 aromatic rings. The minimum absolute atomic E-state index is 0.0787. The van der Waals surface area contributed by atoms with Crippen LogP contribution in [0.15, 0.2) is 11.2 Å². The van der Waals surface area contributed by atoms with E-state index >= 15 is 0 Å². The Morgan fingerprint density at radius 2 is 2.32 bits per heavy atom. The first kappa shape index (κ1) is 14.4. The Kier molecular flexibility index (Phi) is 3.93. The van der Waals surface area contributed by atoms with Gasteiger partial charge in [-0.05, 0) is 26.7 Å². The lowest BCUT2D eigenvalue weighted by Gasteiger charge is -2.21. The molecule has 0 bridgehead atoms. The van der Waals surface area contributed by atoms with Gasteiger partial charge in [0.05, 0.1) is 11.0 Å². The van der Waals surface area contributed by atoms with E-state index in [1.165, 1.54) is 4.31 Å². The van der Waals surface area contributed by atoms with Crippen molar-refractivity contribution in [1.82, 2.24) is 13.9 Å². The van der Waals surface area contributed by atoms with E-state index in [9.17, 15) is 8.42 Å². The summed E-state index contributed by atoms with van der Waals surface area (Å²) in [5.41, 5.74) is 5.62. The molecule has 1 aliphatic rings. The van der Waals surface area contributed by atoms with Crippen molar-refractivity contribution in [3.8, 4) is 0 Å². The first-order chi connectivity index (χ1) is 8.87. The first-order valence-electron chi connectivity index (χ1n) is 6.23. The molecular weight excluding hydrogens is 284 g/mol. The summed E-state index contributed by atoms with van der Waals surface area (Å²) in [5.74, 6) is 0.687. The highest BCUT2D eigenvalue weighted by atomic mass is 32.2. The Balaban J connectivity index is 2.38. The maximum absolute atomic E-state index is 12.6. The van der Waals surface area contributed by atoms with Gasteiger partial charge in [-0.1, -0.05) is 12.2 Å². The Labute approximate surface area is 118 Å². The molecule has 0 spiro atoms. The van der Waals surface area contributed by atoms with Crippen LogP contribution in [0.2, 0.25) is 0 Å². The van der Waals surface area contributed by atoms with Gasteiger partial charge in [0.1, 0.15) is 5.82 Å². The molecule has 19 heavy (non-hydrogen) atoms. The molecule has 1 saturated heterocycles. The van der Waals surface area contributed by atoms with Crippen LogP contribution in [0.4, 0.5) is 0 Å². The van der Waals surface area contributed by atoms with Gasteiger partial charge >= 0.3 is 0 Å². The quantitative estimate of drug-likeness (QED) is 0.826. The van der Waals surface area contributed by atoms with Crippen molar-refractivity contribution in [3.63, 3.8) is 0 Å². The van der Waals surface area contributed by atoms with Crippen LogP contribution >= 0.6 is 12.2 Å². The van der Waals surface area contributed by atoms with Gasteiger partial charge in [0.15, 0.2) is 5.03 Å². The highest BCUT2D eigenvalue weighted by Gasteiger charge is 2.38. The fourth-order valence-corrected chi connectivity index (χ4v) is 4.34. The SMILES string of the molecule is CCn1cc(S(=O)(=O)N2CCCC2C(N)=S)nc1C.